The summed E-state index contributed by atoms with van der Waals surface area (Å²) in [4.78, 5) is 47.7. The predicted octanol–water partition coefficient (Wildman–Crippen LogP) is 4.00. The molecule has 0 bridgehead atoms. The number of amides is 1. The van der Waals surface area contributed by atoms with Crippen LogP contribution in [0.25, 0.3) is 6.08 Å². The SMILES string of the molecule is CCN(C)N1C(=O)O[C@]2(C)[C@H](C)OC(=O)C(C)(F)C(=O)[C@H](C)[C@@H](O[C@@H]3O[C@H](C)C[C@H](N(C)C)[C@H]3O)[C@@](C)(OC/C=C/c3ccncc3)C[C@@H](C)C(N)[C@@H](C)[C@@H]12. The monoisotopic (exact) mass is 777 g/mol. The topological polar surface area (TPSA) is 166 Å². The fourth-order valence-electron chi connectivity index (χ4n) is 8.53. The van der Waals surface area contributed by atoms with Crippen LogP contribution in [0.5, 0.6) is 0 Å². The molecule has 3 aliphatic heterocycles. The van der Waals surface area contributed by atoms with E-state index in [1.54, 1.807) is 38.3 Å². The molecule has 0 aromatic carbocycles. The quantitative estimate of drug-likeness (QED) is 0.273. The van der Waals surface area contributed by atoms with Crippen LogP contribution in [0.1, 0.15) is 80.7 Å². The van der Waals surface area contributed by atoms with Gasteiger partial charge < -0.3 is 39.4 Å². The smallest absolute Gasteiger partial charge is 0.425 e. The number of rotatable bonds is 9. The molecule has 1 amide bonds. The average Bonchev–Trinajstić information content (AvgIpc) is 3.42. The molecule has 14 atom stereocenters. The van der Waals surface area contributed by atoms with Gasteiger partial charge in [-0.3, -0.25) is 9.78 Å². The van der Waals surface area contributed by atoms with E-state index < -0.39 is 83.2 Å². The number of ketones is 1. The van der Waals surface area contributed by atoms with E-state index in [4.69, 9.17) is 29.4 Å². The van der Waals surface area contributed by atoms with Crippen LogP contribution in [0.15, 0.2) is 30.6 Å². The van der Waals surface area contributed by atoms with Gasteiger partial charge in [0.15, 0.2) is 17.7 Å². The van der Waals surface area contributed by atoms with E-state index in [-0.39, 0.29) is 31.1 Å². The molecule has 310 valence electrons. The molecule has 0 saturated carbocycles. The lowest BCUT2D eigenvalue weighted by atomic mass is 9.72. The normalized spacial score (nSPS) is 41.0. The molecular weight excluding hydrogens is 713 g/mol. The molecule has 4 heterocycles. The molecule has 3 aliphatic rings. The number of nitrogens with two attached hydrogens (primary N) is 1. The van der Waals surface area contributed by atoms with E-state index in [9.17, 15) is 19.5 Å². The number of likely N-dealkylation sites (N-methyl/N-ethyl adjacent to an activating group) is 1. The number of halogens is 1. The summed E-state index contributed by atoms with van der Waals surface area (Å²) >= 11 is 0. The molecule has 55 heavy (non-hydrogen) atoms. The van der Waals surface area contributed by atoms with Crippen molar-refractivity contribution < 1.29 is 47.6 Å². The van der Waals surface area contributed by atoms with Crippen LogP contribution in [0.3, 0.4) is 0 Å². The van der Waals surface area contributed by atoms with Gasteiger partial charge in [0.05, 0.1) is 30.5 Å². The number of aliphatic hydroxyl groups is 1. The third-order valence-electron chi connectivity index (χ3n) is 12.1. The summed E-state index contributed by atoms with van der Waals surface area (Å²) < 4.78 is 48.2. The van der Waals surface area contributed by atoms with Gasteiger partial charge in [-0.1, -0.05) is 39.8 Å². The largest absolute Gasteiger partial charge is 0.456 e. The zero-order chi connectivity index (χ0) is 41.2. The Bertz CT molecular complexity index is 1520. The van der Waals surface area contributed by atoms with Gasteiger partial charge in [-0.05, 0) is 91.1 Å². The van der Waals surface area contributed by atoms with E-state index in [0.29, 0.717) is 13.0 Å². The molecule has 3 N–H and O–H groups in total. The Hall–Kier alpha value is -3.05. The first-order chi connectivity index (χ1) is 25.6. The Balaban J connectivity index is 1.87. The van der Waals surface area contributed by atoms with Crippen molar-refractivity contribution in [2.45, 2.75) is 141 Å². The maximum atomic E-state index is 16.9. The standard InChI is InChI=1S/C40H64FN5O9/c1-13-45(12)46-32-25(4)30(42)23(2)22-38(7,51-20-14-15-28-16-18-43-19-17-28)34(54-35-31(47)29(44(10)11)21-24(3)52-35)26(5)33(48)39(8,41)36(49)53-27(6)40(32,9)55-37(46)50/h14-19,23-27,29-32,34-35,47H,13,20-22,42H2,1-12H3/b15-14+/t23-,24-,25-,26+,27+,29+,30?,31-,32-,34-,35+,38+,39?,40-/m1/s1. The number of esters is 1. The van der Waals surface area contributed by atoms with Crippen molar-refractivity contribution >= 4 is 23.9 Å². The highest BCUT2D eigenvalue weighted by Gasteiger charge is 2.62. The maximum Gasteiger partial charge on any atom is 0.425 e. The van der Waals surface area contributed by atoms with Crippen molar-refractivity contribution in [1.82, 2.24) is 19.9 Å². The highest BCUT2D eigenvalue weighted by molar-refractivity contribution is 6.07. The van der Waals surface area contributed by atoms with Crippen LogP contribution in [-0.2, 0) is 33.3 Å². The molecule has 3 fully saturated rings. The molecule has 1 aromatic heterocycles. The molecule has 0 spiro atoms. The Morgan fingerprint density at radius 3 is 2.33 bits per heavy atom. The number of hydrazine groups is 1. The van der Waals surface area contributed by atoms with Crippen molar-refractivity contribution in [2.75, 3.05) is 34.3 Å². The summed E-state index contributed by atoms with van der Waals surface area (Å²) in [6, 6.07) is 1.96. The van der Waals surface area contributed by atoms with Gasteiger partial charge in [-0.15, -0.1) is 0 Å². The number of Topliss-reactive ketones (excluding diaryl/α,β-unsaturated/α-hetero) is 1. The minimum Gasteiger partial charge on any atom is -0.456 e. The second-order valence-corrected chi connectivity index (χ2v) is 16.6. The lowest BCUT2D eigenvalue weighted by Crippen LogP contribution is -2.63. The van der Waals surface area contributed by atoms with Crippen LogP contribution in [0.2, 0.25) is 0 Å². The molecule has 14 nitrogen and oxygen atoms in total. The van der Waals surface area contributed by atoms with Crippen molar-refractivity contribution in [3.05, 3.63) is 36.2 Å². The number of carbonyl (C=O) groups excluding carboxylic acids is 3. The minimum atomic E-state index is -3.16. The number of fused-ring (bicyclic) bond motifs is 1. The summed E-state index contributed by atoms with van der Waals surface area (Å²) in [6.45, 7) is 15.4. The van der Waals surface area contributed by atoms with Crippen molar-refractivity contribution in [2.24, 2.45) is 23.5 Å². The van der Waals surface area contributed by atoms with E-state index in [2.05, 4.69) is 4.98 Å². The summed E-state index contributed by atoms with van der Waals surface area (Å²) in [5.41, 5.74) is 2.01. The van der Waals surface area contributed by atoms with Crippen molar-refractivity contribution in [1.29, 1.82) is 0 Å². The molecular formula is C40H64FN5O9. The maximum absolute atomic E-state index is 16.9. The van der Waals surface area contributed by atoms with Crippen LogP contribution in [0.4, 0.5) is 9.18 Å². The van der Waals surface area contributed by atoms with Crippen LogP contribution < -0.4 is 5.73 Å². The predicted molar refractivity (Wildman–Crippen MR) is 204 cm³/mol. The fraction of sp³-hybridized carbons (Fsp3) is 0.750. The Morgan fingerprint density at radius 2 is 1.73 bits per heavy atom. The van der Waals surface area contributed by atoms with E-state index >= 15 is 4.39 Å². The number of pyridine rings is 1. The average molecular weight is 778 g/mol. The molecule has 3 saturated heterocycles. The Labute approximate surface area is 325 Å². The number of alkyl halides is 1. The van der Waals surface area contributed by atoms with Gasteiger partial charge in [0.1, 0.15) is 12.2 Å². The second kappa shape index (κ2) is 17.6. The zero-order valence-corrected chi connectivity index (χ0v) is 34.6. The van der Waals surface area contributed by atoms with Gasteiger partial charge in [-0.25, -0.2) is 24.0 Å². The lowest BCUT2D eigenvalue weighted by Gasteiger charge is -2.48. The number of aromatic nitrogens is 1. The fourth-order valence-corrected chi connectivity index (χ4v) is 8.53. The first-order valence-electron chi connectivity index (χ1n) is 19.4. The summed E-state index contributed by atoms with van der Waals surface area (Å²) in [5.74, 6) is -4.72. The first kappa shape index (κ1) is 44.7. The molecule has 4 rings (SSSR count). The third kappa shape index (κ3) is 9.24. The van der Waals surface area contributed by atoms with E-state index in [0.717, 1.165) is 12.5 Å². The van der Waals surface area contributed by atoms with Gasteiger partial charge in [0.25, 0.3) is 5.67 Å². The number of carbonyl (C=O) groups is 3. The third-order valence-corrected chi connectivity index (χ3v) is 12.1. The zero-order valence-electron chi connectivity index (χ0n) is 34.6. The Kier molecular flexibility index (Phi) is 14.3. The highest BCUT2D eigenvalue weighted by atomic mass is 19.1. The highest BCUT2D eigenvalue weighted by Crippen LogP contribution is 2.44. The first-order valence-corrected chi connectivity index (χ1v) is 19.4. The van der Waals surface area contributed by atoms with Crippen LogP contribution in [-0.4, -0.2) is 143 Å². The lowest BCUT2D eigenvalue weighted by molar-refractivity contribution is -0.297. The molecule has 1 aromatic rings. The van der Waals surface area contributed by atoms with Crippen LogP contribution in [0, 0.1) is 17.8 Å². The summed E-state index contributed by atoms with van der Waals surface area (Å²) in [5, 5.41) is 14.7. The molecule has 0 aliphatic carbocycles. The second-order valence-electron chi connectivity index (χ2n) is 16.6. The van der Waals surface area contributed by atoms with Crippen molar-refractivity contribution in [3.63, 3.8) is 0 Å². The number of cyclic esters (lactones) is 1. The van der Waals surface area contributed by atoms with Gasteiger partial charge in [0, 0.05) is 44.0 Å². The van der Waals surface area contributed by atoms with E-state index in [1.807, 2.05) is 71.0 Å². The number of hydrogen-bond acceptors (Lipinski definition) is 13. The number of ether oxygens (including phenoxy) is 5. The van der Waals surface area contributed by atoms with Crippen LogP contribution >= 0.6 is 0 Å². The van der Waals surface area contributed by atoms with Gasteiger partial charge >= 0.3 is 12.1 Å². The number of nitrogens with zero attached hydrogens (tertiary/aromatic N) is 4. The van der Waals surface area contributed by atoms with Gasteiger partial charge in [0.2, 0.25) is 0 Å². The number of hydrogen-bond donors (Lipinski definition) is 2. The minimum absolute atomic E-state index is 0.0481. The van der Waals surface area contributed by atoms with E-state index in [1.165, 1.54) is 18.9 Å². The molecule has 15 heteroatoms. The molecule has 2 unspecified atom stereocenters. The summed E-state index contributed by atoms with van der Waals surface area (Å²) in [7, 11) is 5.43. The number of aliphatic hydroxyl groups excluding tert-OH is 1. The van der Waals surface area contributed by atoms with Gasteiger partial charge in [-0.2, -0.15) is 0 Å². The summed E-state index contributed by atoms with van der Waals surface area (Å²) in [6.07, 6.45) is 1.91. The Morgan fingerprint density at radius 1 is 1.09 bits per heavy atom. The van der Waals surface area contributed by atoms with Crippen molar-refractivity contribution in [3.8, 4) is 0 Å². The molecule has 0 radical (unpaired) electrons.